The number of hydrogen-bond donors (Lipinski definition) is 3. The van der Waals surface area contributed by atoms with Crippen LogP contribution >= 0.6 is 34.5 Å². The summed E-state index contributed by atoms with van der Waals surface area (Å²) in [5, 5.41) is 8.58. The van der Waals surface area contributed by atoms with Crippen molar-refractivity contribution in [3.63, 3.8) is 0 Å². The number of hydroxylamine groups is 2. The Labute approximate surface area is 168 Å². The van der Waals surface area contributed by atoms with Gasteiger partial charge in [-0.15, -0.1) is 15.6 Å². The second-order valence-corrected chi connectivity index (χ2v) is 10.7. The van der Waals surface area contributed by atoms with Gasteiger partial charge in [0.15, 0.2) is 0 Å². The molecule has 2 amide bonds. The van der Waals surface area contributed by atoms with E-state index in [1.807, 2.05) is 0 Å². The monoisotopic (exact) mass is 478 g/mol. The Hall–Kier alpha value is -1.16. The quantitative estimate of drug-likeness (QED) is 0.326. The fourth-order valence-electron chi connectivity index (χ4n) is 2.91. The summed E-state index contributed by atoms with van der Waals surface area (Å²) >= 11 is 12.4. The maximum Gasteiger partial charge on any atom is 0.418 e. The second-order valence-electron chi connectivity index (χ2n) is 5.72. The van der Waals surface area contributed by atoms with Crippen LogP contribution in [0.1, 0.15) is 12.8 Å². The van der Waals surface area contributed by atoms with Gasteiger partial charge in [0.1, 0.15) is 15.1 Å². The number of nitrogens with one attached hydrogen (secondary N) is 2. The topological polar surface area (TPSA) is 157 Å². The molecule has 3 heterocycles. The summed E-state index contributed by atoms with van der Waals surface area (Å²) in [6.45, 7) is 0.00810. The van der Waals surface area contributed by atoms with E-state index in [1.165, 1.54) is 0 Å². The lowest BCUT2D eigenvalue weighted by atomic mass is 10.0. The number of carbonyl (C=O) groups excluding carboxylic acids is 1. The van der Waals surface area contributed by atoms with E-state index in [1.54, 1.807) is 0 Å². The molecule has 1 aromatic heterocycles. The van der Waals surface area contributed by atoms with Gasteiger partial charge in [-0.1, -0.05) is 23.2 Å². The van der Waals surface area contributed by atoms with Gasteiger partial charge in [0.05, 0.1) is 16.4 Å². The van der Waals surface area contributed by atoms with Crippen molar-refractivity contribution in [2.45, 2.75) is 29.8 Å². The normalized spacial score (nSPS) is 23.0. The fourth-order valence-corrected chi connectivity index (χ4v) is 6.48. The zero-order valence-corrected chi connectivity index (χ0v) is 17.1. The Morgan fingerprint density at radius 1 is 1.33 bits per heavy atom. The van der Waals surface area contributed by atoms with Gasteiger partial charge < -0.3 is 4.90 Å². The predicted molar refractivity (Wildman–Crippen MR) is 95.8 cm³/mol. The summed E-state index contributed by atoms with van der Waals surface area (Å²) in [5.74, 6) is -0.492. The minimum atomic E-state index is -4.90. The largest absolute Gasteiger partial charge is 0.418 e. The highest BCUT2D eigenvalue weighted by Gasteiger charge is 2.48. The lowest BCUT2D eigenvalue weighted by Gasteiger charge is -2.30. The molecule has 0 aromatic carbocycles. The first-order valence-corrected chi connectivity index (χ1v) is 11.6. The molecule has 0 saturated carbocycles. The fraction of sp³-hybridized carbons (Fsp3) is 0.455. The molecule has 2 aliphatic heterocycles. The van der Waals surface area contributed by atoms with Crippen molar-refractivity contribution in [3.05, 3.63) is 14.7 Å². The van der Waals surface area contributed by atoms with Crippen LogP contribution in [0.15, 0.2) is 11.0 Å². The number of carbonyl (C=O) groups is 1. The average Bonchev–Trinajstić information content (AvgIpc) is 2.98. The Morgan fingerprint density at radius 2 is 2.00 bits per heavy atom. The third-order valence-electron chi connectivity index (χ3n) is 3.99. The van der Waals surface area contributed by atoms with Gasteiger partial charge in [-0.05, 0) is 18.9 Å². The molecule has 11 nitrogen and oxygen atoms in total. The first kappa shape index (κ1) is 20.6. The van der Waals surface area contributed by atoms with E-state index in [0.717, 1.165) is 22.3 Å². The number of nitrogens with zero attached hydrogens (tertiary/aromatic N) is 2. The first-order valence-electron chi connectivity index (χ1n) is 7.22. The van der Waals surface area contributed by atoms with Gasteiger partial charge in [-0.25, -0.2) is 13.2 Å². The van der Waals surface area contributed by atoms with Crippen LogP contribution in [-0.4, -0.2) is 61.8 Å². The van der Waals surface area contributed by atoms with E-state index in [4.69, 9.17) is 33.2 Å². The van der Waals surface area contributed by atoms with Crippen LogP contribution in [0, 0.1) is 5.41 Å². The minimum absolute atomic E-state index is 0.00810. The van der Waals surface area contributed by atoms with Crippen molar-refractivity contribution in [1.82, 2.24) is 14.7 Å². The average molecular weight is 479 g/mol. The van der Waals surface area contributed by atoms with E-state index in [2.05, 4.69) is 9.01 Å². The number of hydrogen-bond acceptors (Lipinski definition) is 8. The molecular formula is C11H12Cl2N4O7S3. The number of urea groups is 1. The van der Waals surface area contributed by atoms with Crippen LogP contribution in [0.2, 0.25) is 8.67 Å². The number of piperidine rings is 1. The zero-order chi connectivity index (χ0) is 20.1. The standard InChI is InChI=1S/C11H12Cl2N4O7S3/c12-8-3-7(9(13)25-8)26(19,20)15-10(14)6-2-1-5-4-16(6)11(18)17(5)24-27(21,22)23/h3,5-6H,1-2,4H2,(H2,14,15)(H,21,22,23). The molecule has 27 heavy (non-hydrogen) atoms. The summed E-state index contributed by atoms with van der Waals surface area (Å²) in [6, 6.07) is -1.36. The maximum absolute atomic E-state index is 12.4. The number of halogens is 2. The Morgan fingerprint density at radius 3 is 2.56 bits per heavy atom. The summed E-state index contributed by atoms with van der Waals surface area (Å²) < 4.78 is 61.8. The third kappa shape index (κ3) is 4.16. The number of sulfonamides is 1. The van der Waals surface area contributed by atoms with Gasteiger partial charge in [-0.3, -0.25) is 14.7 Å². The van der Waals surface area contributed by atoms with Gasteiger partial charge in [0.2, 0.25) is 0 Å². The van der Waals surface area contributed by atoms with E-state index >= 15 is 0 Å². The van der Waals surface area contributed by atoms with Gasteiger partial charge >= 0.3 is 16.4 Å². The SMILES string of the molecule is N=C(NS(=O)(=O)c1cc(Cl)sc1Cl)C1CCC2CN1C(=O)N2OS(=O)(=O)O. The zero-order valence-electron chi connectivity index (χ0n) is 13.1. The first-order chi connectivity index (χ1) is 12.4. The van der Waals surface area contributed by atoms with Gasteiger partial charge in [0, 0.05) is 6.54 Å². The molecule has 2 aliphatic rings. The van der Waals surface area contributed by atoms with E-state index in [-0.39, 0.29) is 33.0 Å². The number of amidine groups is 1. The van der Waals surface area contributed by atoms with E-state index in [0.29, 0.717) is 5.06 Å². The maximum atomic E-state index is 12.4. The Balaban J connectivity index is 1.77. The third-order valence-corrected chi connectivity index (χ3v) is 7.46. The van der Waals surface area contributed by atoms with Crippen molar-refractivity contribution < 1.29 is 30.5 Å². The number of rotatable bonds is 5. The molecule has 1 aromatic rings. The smallest absolute Gasteiger partial charge is 0.310 e. The molecule has 2 atom stereocenters. The molecule has 3 rings (SSSR count). The molecular weight excluding hydrogens is 467 g/mol. The van der Waals surface area contributed by atoms with Crippen LogP contribution in [-0.2, 0) is 24.7 Å². The van der Waals surface area contributed by atoms with Gasteiger partial charge in [0.25, 0.3) is 10.0 Å². The van der Waals surface area contributed by atoms with Gasteiger partial charge in [-0.2, -0.15) is 13.5 Å². The molecule has 2 saturated heterocycles. The highest BCUT2D eigenvalue weighted by atomic mass is 35.5. The molecule has 0 radical (unpaired) electrons. The summed E-state index contributed by atoms with van der Waals surface area (Å²) in [6.07, 6.45) is 0.415. The van der Waals surface area contributed by atoms with E-state index in [9.17, 15) is 21.6 Å². The molecule has 0 aliphatic carbocycles. The van der Waals surface area contributed by atoms with Crippen LogP contribution in [0.4, 0.5) is 4.79 Å². The summed E-state index contributed by atoms with van der Waals surface area (Å²) in [7, 11) is -9.09. The summed E-state index contributed by atoms with van der Waals surface area (Å²) in [5.41, 5.74) is 0. The molecule has 0 spiro atoms. The predicted octanol–water partition coefficient (Wildman–Crippen LogP) is 1.31. The lowest BCUT2D eigenvalue weighted by Crippen LogP contribution is -2.50. The lowest BCUT2D eigenvalue weighted by molar-refractivity contribution is -0.0316. The highest BCUT2D eigenvalue weighted by molar-refractivity contribution is 7.90. The molecule has 3 N–H and O–H groups in total. The van der Waals surface area contributed by atoms with Crippen molar-refractivity contribution >= 4 is 66.8 Å². The van der Waals surface area contributed by atoms with Crippen LogP contribution < -0.4 is 4.72 Å². The second kappa shape index (κ2) is 7.02. The van der Waals surface area contributed by atoms with Crippen LogP contribution in [0.5, 0.6) is 0 Å². The van der Waals surface area contributed by atoms with Crippen molar-refractivity contribution in [2.24, 2.45) is 0 Å². The number of thiophene rings is 1. The number of fused-ring (bicyclic) bond motifs is 2. The Bertz CT molecular complexity index is 1010. The van der Waals surface area contributed by atoms with E-state index < -0.39 is 44.4 Å². The molecule has 150 valence electrons. The minimum Gasteiger partial charge on any atom is -0.310 e. The Kier molecular flexibility index (Phi) is 5.35. The van der Waals surface area contributed by atoms with Crippen molar-refractivity contribution in [3.8, 4) is 0 Å². The molecule has 2 unspecified atom stereocenters. The van der Waals surface area contributed by atoms with Crippen LogP contribution in [0.3, 0.4) is 0 Å². The molecule has 2 bridgehead atoms. The molecule has 16 heteroatoms. The van der Waals surface area contributed by atoms with Crippen molar-refractivity contribution in [1.29, 1.82) is 5.41 Å². The van der Waals surface area contributed by atoms with Crippen molar-refractivity contribution in [2.75, 3.05) is 6.54 Å². The summed E-state index contributed by atoms with van der Waals surface area (Å²) in [4.78, 5) is 13.1. The highest BCUT2D eigenvalue weighted by Crippen LogP contribution is 2.35. The number of amides is 2. The van der Waals surface area contributed by atoms with Crippen LogP contribution in [0.25, 0.3) is 0 Å². The molecule has 2 fully saturated rings.